The molecule has 0 aliphatic carbocycles. The molecule has 6 heteroatoms. The molecule has 0 heterocycles. The molecule has 2 N–H and O–H groups in total. The molecule has 0 rings (SSSR count). The molecule has 0 aromatic carbocycles. The van der Waals surface area contributed by atoms with Gasteiger partial charge in [0.25, 0.3) is 0 Å². The molecule has 48 heavy (non-hydrogen) atoms. The predicted molar refractivity (Wildman–Crippen MR) is 203 cm³/mol. The lowest BCUT2D eigenvalue weighted by Gasteiger charge is -2.17. The van der Waals surface area contributed by atoms with E-state index < -0.39 is 5.97 Å². The summed E-state index contributed by atoms with van der Waals surface area (Å²) in [6.45, 7) is 4.07. The summed E-state index contributed by atoms with van der Waals surface area (Å²) in [6, 6.07) is 0. The molecule has 0 saturated heterocycles. The Hall–Kier alpha value is -3.15. The van der Waals surface area contributed by atoms with Gasteiger partial charge in [-0.15, -0.1) is 0 Å². The highest BCUT2D eigenvalue weighted by molar-refractivity contribution is 5.80. The van der Waals surface area contributed by atoms with E-state index in [1.54, 1.807) is 0 Å². The predicted octanol–water partition coefficient (Wildman–Crippen LogP) is 11.4. The molecule has 0 spiro atoms. The van der Waals surface area contributed by atoms with Crippen LogP contribution in [0.25, 0.3) is 0 Å². The van der Waals surface area contributed by atoms with Crippen molar-refractivity contribution in [2.45, 2.75) is 168 Å². The first-order valence-electron chi connectivity index (χ1n) is 19.1. The molecule has 0 aromatic heterocycles. The van der Waals surface area contributed by atoms with Crippen LogP contribution < -0.4 is 5.32 Å². The number of rotatable bonds is 33. The lowest BCUT2D eigenvalue weighted by Crippen LogP contribution is -2.28. The van der Waals surface area contributed by atoms with E-state index in [0.717, 1.165) is 89.9 Å². The number of carbonyl (C=O) groups excluding carboxylic acids is 2. The number of carbonyl (C=O) groups is 3. The standard InChI is InChI=1S/C42H69NO5/c1-3-5-7-9-11-13-15-17-19-21-23-26-30-34-39(35-31-27-25-28-32-36-40(44)43-38-41(45)46)48-42(47)37-33-29-24-22-20-18-16-14-12-10-8-6-4-2/h6,8,12,14-15,17-18,20-21,23-24,29,39H,3-5,7,9-11,13,16,19,22,25-28,30-38H2,1-2H3,(H,43,44)(H,45,46)/b8-6-,14-12-,17-15-,20-18-,23-21-,29-24-. The van der Waals surface area contributed by atoms with Crippen LogP contribution in [-0.2, 0) is 19.1 Å². The minimum atomic E-state index is -1.03. The Bertz CT molecular complexity index is 959. The maximum atomic E-state index is 12.6. The van der Waals surface area contributed by atoms with Crippen LogP contribution in [-0.4, -0.2) is 35.6 Å². The summed E-state index contributed by atoms with van der Waals surface area (Å²) in [7, 11) is 0. The fraction of sp³-hybridized carbons (Fsp3) is 0.643. The first-order chi connectivity index (χ1) is 23.5. The van der Waals surface area contributed by atoms with Crippen molar-refractivity contribution in [2.75, 3.05) is 6.54 Å². The van der Waals surface area contributed by atoms with Crippen LogP contribution in [0.4, 0.5) is 0 Å². The number of hydrogen-bond donors (Lipinski definition) is 2. The van der Waals surface area contributed by atoms with Gasteiger partial charge in [0, 0.05) is 12.8 Å². The van der Waals surface area contributed by atoms with E-state index in [4.69, 9.17) is 9.84 Å². The second kappa shape index (κ2) is 36.7. The summed E-state index contributed by atoms with van der Waals surface area (Å²) in [5.41, 5.74) is 0. The third-order valence-corrected chi connectivity index (χ3v) is 7.88. The molecule has 0 aromatic rings. The van der Waals surface area contributed by atoms with Crippen LogP contribution >= 0.6 is 0 Å². The number of carboxylic acid groups (broad SMARTS) is 1. The van der Waals surface area contributed by atoms with Crippen molar-refractivity contribution < 1.29 is 24.2 Å². The number of carboxylic acids is 1. The second-order valence-electron chi connectivity index (χ2n) is 12.4. The molecular formula is C42H69NO5. The van der Waals surface area contributed by atoms with E-state index in [1.807, 2.05) is 0 Å². The Morgan fingerprint density at radius 2 is 1.06 bits per heavy atom. The lowest BCUT2D eigenvalue weighted by molar-refractivity contribution is -0.149. The van der Waals surface area contributed by atoms with Gasteiger partial charge in [0.15, 0.2) is 0 Å². The van der Waals surface area contributed by atoms with Crippen molar-refractivity contribution >= 4 is 17.8 Å². The van der Waals surface area contributed by atoms with Crippen molar-refractivity contribution in [3.8, 4) is 0 Å². The third kappa shape index (κ3) is 35.7. The van der Waals surface area contributed by atoms with E-state index in [2.05, 4.69) is 92.1 Å². The fourth-order valence-electron chi connectivity index (χ4n) is 5.09. The summed E-state index contributed by atoms with van der Waals surface area (Å²) >= 11 is 0. The van der Waals surface area contributed by atoms with Crippen molar-refractivity contribution in [1.29, 1.82) is 0 Å². The molecular weight excluding hydrogens is 598 g/mol. The largest absolute Gasteiger partial charge is 0.480 e. The van der Waals surface area contributed by atoms with Gasteiger partial charge < -0.3 is 15.2 Å². The van der Waals surface area contributed by atoms with Gasteiger partial charge in [-0.3, -0.25) is 14.4 Å². The number of aliphatic carboxylic acids is 1. The SMILES string of the molecule is CC/C=C\C/C=C\C/C=C\C/C=C\CCC(=O)OC(CCC/C=C\C/C=C\CCCCCCC)CCCCCCCC(=O)NCC(=O)O. The minimum Gasteiger partial charge on any atom is -0.480 e. The van der Waals surface area contributed by atoms with Crippen molar-refractivity contribution in [3.63, 3.8) is 0 Å². The van der Waals surface area contributed by atoms with Crippen LogP contribution in [0.15, 0.2) is 72.9 Å². The molecule has 1 atom stereocenters. The van der Waals surface area contributed by atoms with Crippen molar-refractivity contribution in [2.24, 2.45) is 0 Å². The van der Waals surface area contributed by atoms with Gasteiger partial charge in [0.1, 0.15) is 12.6 Å². The van der Waals surface area contributed by atoms with E-state index in [0.29, 0.717) is 19.3 Å². The van der Waals surface area contributed by atoms with Crippen LogP contribution in [0.2, 0.25) is 0 Å². The zero-order chi connectivity index (χ0) is 35.2. The average molecular weight is 668 g/mol. The highest BCUT2D eigenvalue weighted by Gasteiger charge is 2.13. The Labute approximate surface area is 294 Å². The van der Waals surface area contributed by atoms with Crippen LogP contribution in [0.3, 0.4) is 0 Å². The van der Waals surface area contributed by atoms with Gasteiger partial charge in [0.05, 0.1) is 0 Å². The smallest absolute Gasteiger partial charge is 0.322 e. The van der Waals surface area contributed by atoms with Gasteiger partial charge >= 0.3 is 11.9 Å². The number of allylic oxidation sites excluding steroid dienone is 12. The highest BCUT2D eigenvalue weighted by atomic mass is 16.5. The van der Waals surface area contributed by atoms with Gasteiger partial charge in [-0.2, -0.15) is 0 Å². The van der Waals surface area contributed by atoms with E-state index in [-0.39, 0.29) is 24.5 Å². The summed E-state index contributed by atoms with van der Waals surface area (Å²) in [5, 5.41) is 11.1. The summed E-state index contributed by atoms with van der Waals surface area (Å²) in [4.78, 5) is 34.9. The Morgan fingerprint density at radius 1 is 0.562 bits per heavy atom. The number of hydrogen-bond acceptors (Lipinski definition) is 4. The van der Waals surface area contributed by atoms with Gasteiger partial charge in [-0.25, -0.2) is 0 Å². The fourth-order valence-corrected chi connectivity index (χ4v) is 5.09. The van der Waals surface area contributed by atoms with E-state index >= 15 is 0 Å². The molecule has 0 aliphatic heterocycles. The molecule has 272 valence electrons. The third-order valence-electron chi connectivity index (χ3n) is 7.88. The summed E-state index contributed by atoms with van der Waals surface area (Å²) in [5.74, 6) is -1.36. The van der Waals surface area contributed by atoms with Gasteiger partial charge in [0.2, 0.25) is 5.91 Å². The van der Waals surface area contributed by atoms with E-state index in [1.165, 1.54) is 38.5 Å². The number of amides is 1. The number of nitrogens with one attached hydrogen (secondary N) is 1. The maximum Gasteiger partial charge on any atom is 0.322 e. The maximum absolute atomic E-state index is 12.6. The quantitative estimate of drug-likeness (QED) is 0.0413. The van der Waals surface area contributed by atoms with Gasteiger partial charge in [-0.1, -0.05) is 132 Å². The molecule has 1 amide bonds. The number of esters is 1. The van der Waals surface area contributed by atoms with E-state index in [9.17, 15) is 14.4 Å². The zero-order valence-electron chi connectivity index (χ0n) is 30.6. The topological polar surface area (TPSA) is 92.7 Å². The molecule has 0 fully saturated rings. The summed E-state index contributed by atoms with van der Waals surface area (Å²) in [6.07, 6.45) is 48.8. The molecule has 0 bridgehead atoms. The van der Waals surface area contributed by atoms with Crippen LogP contribution in [0.5, 0.6) is 0 Å². The molecule has 0 aliphatic rings. The summed E-state index contributed by atoms with van der Waals surface area (Å²) < 4.78 is 5.93. The van der Waals surface area contributed by atoms with Crippen LogP contribution in [0, 0.1) is 0 Å². The highest BCUT2D eigenvalue weighted by Crippen LogP contribution is 2.17. The molecule has 1 unspecified atom stereocenters. The zero-order valence-corrected chi connectivity index (χ0v) is 30.6. The second-order valence-corrected chi connectivity index (χ2v) is 12.4. The average Bonchev–Trinajstić information content (AvgIpc) is 3.07. The van der Waals surface area contributed by atoms with Gasteiger partial charge in [-0.05, 0) is 89.9 Å². The molecule has 0 saturated carbocycles. The first-order valence-corrected chi connectivity index (χ1v) is 19.1. The number of ether oxygens (including phenoxy) is 1. The molecule has 6 nitrogen and oxygen atoms in total. The number of unbranched alkanes of at least 4 members (excludes halogenated alkanes) is 10. The molecule has 0 radical (unpaired) electrons. The first kappa shape index (κ1) is 44.9. The van der Waals surface area contributed by atoms with Crippen molar-refractivity contribution in [1.82, 2.24) is 5.32 Å². The Morgan fingerprint density at radius 3 is 1.69 bits per heavy atom. The van der Waals surface area contributed by atoms with Crippen LogP contribution in [0.1, 0.15) is 162 Å². The Balaban J connectivity index is 4.42. The minimum absolute atomic E-state index is 0.0577. The lowest BCUT2D eigenvalue weighted by atomic mass is 10.0. The van der Waals surface area contributed by atoms with Crippen molar-refractivity contribution in [3.05, 3.63) is 72.9 Å². The Kier molecular flexibility index (Phi) is 34.3. The normalized spacial score (nSPS) is 12.9. The monoisotopic (exact) mass is 668 g/mol.